The van der Waals surface area contributed by atoms with Crippen LogP contribution in [0.4, 0.5) is 10.2 Å². The third kappa shape index (κ3) is 3.65. The Morgan fingerprint density at radius 3 is 2.59 bits per heavy atom. The van der Waals surface area contributed by atoms with E-state index in [1.54, 1.807) is 0 Å². The molecular formula is C13H20FN3. The Labute approximate surface area is 102 Å². The van der Waals surface area contributed by atoms with Crippen LogP contribution in [0.1, 0.15) is 39.0 Å². The van der Waals surface area contributed by atoms with Gasteiger partial charge in [-0.15, -0.1) is 0 Å². The fourth-order valence-corrected chi connectivity index (χ4v) is 2.52. The quantitative estimate of drug-likeness (QED) is 0.817. The molecule has 17 heavy (non-hydrogen) atoms. The van der Waals surface area contributed by atoms with E-state index in [1.807, 2.05) is 0 Å². The minimum Gasteiger partial charge on any atom is -0.370 e. The van der Waals surface area contributed by atoms with Gasteiger partial charge >= 0.3 is 0 Å². The summed E-state index contributed by atoms with van der Waals surface area (Å²) in [6, 6.07) is 1.34. The number of nitrogens with one attached hydrogen (secondary N) is 1. The molecule has 2 rings (SSSR count). The fraction of sp³-hybridized carbons (Fsp3) is 0.692. The number of rotatable bonds is 4. The van der Waals surface area contributed by atoms with Gasteiger partial charge in [0, 0.05) is 12.6 Å². The molecule has 3 nitrogen and oxygen atoms in total. The molecule has 1 aromatic rings. The predicted molar refractivity (Wildman–Crippen MR) is 66.2 cm³/mol. The van der Waals surface area contributed by atoms with Crippen molar-refractivity contribution < 1.29 is 4.39 Å². The van der Waals surface area contributed by atoms with Crippen LogP contribution in [0.5, 0.6) is 0 Å². The molecule has 1 saturated carbocycles. The molecule has 1 aliphatic rings. The van der Waals surface area contributed by atoms with Gasteiger partial charge in [-0.3, -0.25) is 0 Å². The number of nitrogens with zero attached hydrogens (tertiary/aromatic N) is 2. The fourth-order valence-electron chi connectivity index (χ4n) is 2.52. The van der Waals surface area contributed by atoms with E-state index < -0.39 is 5.95 Å². The van der Waals surface area contributed by atoms with Gasteiger partial charge in [-0.2, -0.15) is 4.39 Å². The lowest BCUT2D eigenvalue weighted by Gasteiger charge is -2.27. The van der Waals surface area contributed by atoms with Crippen molar-refractivity contribution in [1.29, 1.82) is 0 Å². The van der Waals surface area contributed by atoms with Crippen LogP contribution in [-0.4, -0.2) is 16.5 Å². The van der Waals surface area contributed by atoms with Crippen molar-refractivity contribution in [3.05, 3.63) is 18.3 Å². The molecule has 1 N–H and O–H groups in total. The first-order valence-corrected chi connectivity index (χ1v) is 6.49. The van der Waals surface area contributed by atoms with Crippen LogP contribution >= 0.6 is 0 Å². The van der Waals surface area contributed by atoms with E-state index in [4.69, 9.17) is 0 Å². The van der Waals surface area contributed by atoms with Crippen LogP contribution in [-0.2, 0) is 0 Å². The van der Waals surface area contributed by atoms with Gasteiger partial charge < -0.3 is 5.32 Å². The maximum Gasteiger partial charge on any atom is 0.217 e. The van der Waals surface area contributed by atoms with Gasteiger partial charge in [0.25, 0.3) is 0 Å². The second kappa shape index (κ2) is 5.94. The first kappa shape index (κ1) is 12.3. The number of hydrogen-bond acceptors (Lipinski definition) is 3. The van der Waals surface area contributed by atoms with Crippen LogP contribution in [0.2, 0.25) is 0 Å². The zero-order chi connectivity index (χ0) is 12.1. The van der Waals surface area contributed by atoms with E-state index in [0.29, 0.717) is 11.7 Å². The van der Waals surface area contributed by atoms with Gasteiger partial charge in [0.1, 0.15) is 12.1 Å². The Morgan fingerprint density at radius 1 is 1.24 bits per heavy atom. The monoisotopic (exact) mass is 237 g/mol. The normalized spacial score (nSPS) is 24.6. The molecule has 0 spiro atoms. The Kier molecular flexibility index (Phi) is 4.29. The highest BCUT2D eigenvalue weighted by Gasteiger charge is 2.19. The summed E-state index contributed by atoms with van der Waals surface area (Å²) in [6.07, 6.45) is 7.78. The smallest absolute Gasteiger partial charge is 0.217 e. The summed E-state index contributed by atoms with van der Waals surface area (Å²) >= 11 is 0. The Balaban J connectivity index is 1.76. The summed E-state index contributed by atoms with van der Waals surface area (Å²) in [5.74, 6) is 1.74. The topological polar surface area (TPSA) is 37.8 Å². The van der Waals surface area contributed by atoms with Gasteiger partial charge in [0.05, 0.1) is 0 Å². The molecule has 1 aromatic heterocycles. The van der Waals surface area contributed by atoms with Crippen molar-refractivity contribution >= 4 is 5.82 Å². The summed E-state index contributed by atoms with van der Waals surface area (Å²) in [4.78, 5) is 7.43. The lowest BCUT2D eigenvalue weighted by molar-refractivity contribution is 0.278. The van der Waals surface area contributed by atoms with Gasteiger partial charge in [-0.05, 0) is 24.7 Å². The second-order valence-corrected chi connectivity index (χ2v) is 4.90. The molecule has 1 aliphatic carbocycles. The third-order valence-electron chi connectivity index (χ3n) is 3.75. The van der Waals surface area contributed by atoms with Crippen molar-refractivity contribution in [2.24, 2.45) is 11.8 Å². The third-order valence-corrected chi connectivity index (χ3v) is 3.75. The van der Waals surface area contributed by atoms with Crippen molar-refractivity contribution in [2.45, 2.75) is 39.0 Å². The van der Waals surface area contributed by atoms with Gasteiger partial charge in [-0.25, -0.2) is 9.97 Å². The van der Waals surface area contributed by atoms with Crippen LogP contribution < -0.4 is 5.32 Å². The summed E-state index contributed by atoms with van der Waals surface area (Å²) in [5.41, 5.74) is 0. The number of anilines is 1. The maximum atomic E-state index is 12.8. The maximum absolute atomic E-state index is 12.8. The Bertz CT molecular complexity index is 348. The number of hydrogen-bond donors (Lipinski definition) is 1. The van der Waals surface area contributed by atoms with Gasteiger partial charge in [-0.1, -0.05) is 26.2 Å². The summed E-state index contributed by atoms with van der Waals surface area (Å²) in [5, 5.41) is 3.20. The molecule has 1 fully saturated rings. The summed E-state index contributed by atoms with van der Waals surface area (Å²) in [7, 11) is 0. The number of aromatic nitrogens is 2. The average molecular weight is 237 g/mol. The molecule has 0 amide bonds. The van der Waals surface area contributed by atoms with E-state index in [-0.39, 0.29) is 0 Å². The molecule has 0 aromatic carbocycles. The van der Waals surface area contributed by atoms with Crippen molar-refractivity contribution in [1.82, 2.24) is 9.97 Å². The molecule has 0 unspecified atom stereocenters. The van der Waals surface area contributed by atoms with Crippen LogP contribution in [0.3, 0.4) is 0 Å². The minimum atomic E-state index is -0.475. The second-order valence-electron chi connectivity index (χ2n) is 4.90. The van der Waals surface area contributed by atoms with E-state index >= 15 is 0 Å². The molecular weight excluding hydrogens is 217 g/mol. The SMILES string of the molecule is CCC1CCC(CNc2cc(F)ncn2)CC1. The number of halogens is 1. The molecule has 4 heteroatoms. The predicted octanol–water partition coefficient (Wildman–Crippen LogP) is 3.24. The zero-order valence-corrected chi connectivity index (χ0v) is 10.3. The molecule has 0 bridgehead atoms. The highest BCUT2D eigenvalue weighted by atomic mass is 19.1. The lowest BCUT2D eigenvalue weighted by Crippen LogP contribution is -2.21. The average Bonchev–Trinajstić information content (AvgIpc) is 2.37. The van der Waals surface area contributed by atoms with Crippen molar-refractivity contribution in [3.8, 4) is 0 Å². The van der Waals surface area contributed by atoms with E-state index in [0.717, 1.165) is 12.5 Å². The van der Waals surface area contributed by atoms with Crippen LogP contribution in [0.25, 0.3) is 0 Å². The molecule has 0 aliphatic heterocycles. The van der Waals surface area contributed by atoms with E-state index in [2.05, 4.69) is 22.2 Å². The van der Waals surface area contributed by atoms with E-state index in [9.17, 15) is 4.39 Å². The zero-order valence-electron chi connectivity index (χ0n) is 10.3. The molecule has 94 valence electrons. The Hall–Kier alpha value is -1.19. The van der Waals surface area contributed by atoms with E-state index in [1.165, 1.54) is 44.5 Å². The largest absolute Gasteiger partial charge is 0.370 e. The summed E-state index contributed by atoms with van der Waals surface area (Å²) in [6.45, 7) is 3.17. The van der Waals surface area contributed by atoms with Crippen LogP contribution in [0.15, 0.2) is 12.4 Å². The van der Waals surface area contributed by atoms with Crippen molar-refractivity contribution in [3.63, 3.8) is 0 Å². The standard InChI is InChI=1S/C13H20FN3/c1-2-10-3-5-11(6-4-10)8-15-13-7-12(14)16-9-17-13/h7,9-11H,2-6,8H2,1H3,(H,15,16,17). The highest BCUT2D eigenvalue weighted by Crippen LogP contribution is 2.30. The van der Waals surface area contributed by atoms with Crippen molar-refractivity contribution in [2.75, 3.05) is 11.9 Å². The van der Waals surface area contributed by atoms with Gasteiger partial charge in [0.2, 0.25) is 5.95 Å². The van der Waals surface area contributed by atoms with Crippen LogP contribution in [0, 0.1) is 17.8 Å². The summed E-state index contributed by atoms with van der Waals surface area (Å²) < 4.78 is 12.8. The molecule has 1 heterocycles. The van der Waals surface area contributed by atoms with Gasteiger partial charge in [0.15, 0.2) is 0 Å². The first-order valence-electron chi connectivity index (χ1n) is 6.49. The lowest BCUT2D eigenvalue weighted by atomic mass is 9.81. The highest BCUT2D eigenvalue weighted by molar-refractivity contribution is 5.31. The minimum absolute atomic E-state index is 0.475. The Morgan fingerprint density at radius 2 is 1.94 bits per heavy atom. The first-order chi connectivity index (χ1) is 8.28. The molecule has 0 atom stereocenters. The molecule has 0 radical (unpaired) electrons. The molecule has 0 saturated heterocycles.